The van der Waals surface area contributed by atoms with E-state index in [1.807, 2.05) is 13.8 Å². The zero-order valence-electron chi connectivity index (χ0n) is 12.2. The van der Waals surface area contributed by atoms with Crippen LogP contribution in [-0.4, -0.2) is 32.1 Å². The average Bonchev–Trinajstić information content (AvgIpc) is 2.43. The quantitative estimate of drug-likeness (QED) is 0.802. The third-order valence-corrected chi connectivity index (χ3v) is 2.65. The number of methoxy groups -OCH3 is 1. The summed E-state index contributed by atoms with van der Waals surface area (Å²) in [4.78, 5) is 23.8. The molecule has 2 amide bonds. The molecule has 0 aromatic heterocycles. The second-order valence-electron chi connectivity index (χ2n) is 4.94. The van der Waals surface area contributed by atoms with Crippen LogP contribution in [0.3, 0.4) is 0 Å². The Morgan fingerprint density at radius 3 is 2.60 bits per heavy atom. The van der Waals surface area contributed by atoms with Gasteiger partial charge in [0.15, 0.2) is 0 Å². The van der Waals surface area contributed by atoms with E-state index in [-0.39, 0.29) is 18.2 Å². The lowest BCUT2D eigenvalue weighted by atomic mass is 10.1. The van der Waals surface area contributed by atoms with Crippen LogP contribution < -0.4 is 10.6 Å². The number of para-hydroxylation sites is 1. The Hall–Kier alpha value is -1.88. The number of nitrogens with one attached hydrogen (secondary N) is 2. The number of carbonyl (C=O) groups excluding carboxylic acids is 2. The normalized spacial score (nSPS) is 10.4. The van der Waals surface area contributed by atoms with Gasteiger partial charge in [0.25, 0.3) is 5.91 Å². The van der Waals surface area contributed by atoms with Crippen LogP contribution in [0.4, 0.5) is 5.69 Å². The third-order valence-electron chi connectivity index (χ3n) is 2.65. The van der Waals surface area contributed by atoms with Crippen molar-refractivity contribution in [1.82, 2.24) is 5.32 Å². The smallest absolute Gasteiger partial charge is 0.253 e. The molecule has 0 saturated heterocycles. The number of anilines is 1. The summed E-state index contributed by atoms with van der Waals surface area (Å²) in [6.07, 6.45) is 0.262. The van der Waals surface area contributed by atoms with Crippen molar-refractivity contribution in [1.29, 1.82) is 0 Å². The van der Waals surface area contributed by atoms with Crippen molar-refractivity contribution in [2.75, 3.05) is 25.6 Å². The van der Waals surface area contributed by atoms with Gasteiger partial charge in [-0.3, -0.25) is 9.59 Å². The lowest BCUT2D eigenvalue weighted by Gasteiger charge is -2.12. The fraction of sp³-hybridized carbons (Fsp3) is 0.467. The lowest BCUT2D eigenvalue weighted by molar-refractivity contribution is -0.117. The Labute approximate surface area is 119 Å². The predicted octanol–water partition coefficient (Wildman–Crippen LogP) is 2.05. The van der Waals surface area contributed by atoms with E-state index in [9.17, 15) is 9.59 Å². The second-order valence-corrected chi connectivity index (χ2v) is 4.94. The zero-order valence-corrected chi connectivity index (χ0v) is 12.2. The minimum Gasteiger partial charge on any atom is -0.384 e. The standard InChI is InChI=1S/C15H22N2O3/c1-11(2)10-16-15(19)12-6-4-5-7-13(12)17-14(18)8-9-20-3/h4-7,11H,8-10H2,1-3H3,(H,16,19)(H,17,18). The summed E-state index contributed by atoms with van der Waals surface area (Å²) in [5, 5.41) is 5.57. The van der Waals surface area contributed by atoms with Crippen LogP contribution >= 0.6 is 0 Å². The molecule has 5 heteroatoms. The van der Waals surface area contributed by atoms with E-state index in [0.29, 0.717) is 30.3 Å². The fourth-order valence-corrected chi connectivity index (χ4v) is 1.59. The molecule has 0 radical (unpaired) electrons. The van der Waals surface area contributed by atoms with E-state index in [2.05, 4.69) is 10.6 Å². The van der Waals surface area contributed by atoms with Crippen LogP contribution in [0.5, 0.6) is 0 Å². The van der Waals surface area contributed by atoms with Crippen LogP contribution in [-0.2, 0) is 9.53 Å². The monoisotopic (exact) mass is 278 g/mol. The molecule has 0 aliphatic heterocycles. The van der Waals surface area contributed by atoms with Gasteiger partial charge in [0, 0.05) is 13.7 Å². The first-order chi connectivity index (χ1) is 9.54. The predicted molar refractivity (Wildman–Crippen MR) is 78.7 cm³/mol. The van der Waals surface area contributed by atoms with Crippen LogP contribution in [0.25, 0.3) is 0 Å². The molecule has 20 heavy (non-hydrogen) atoms. The highest BCUT2D eigenvalue weighted by molar-refractivity contribution is 6.03. The van der Waals surface area contributed by atoms with Crippen LogP contribution in [0.2, 0.25) is 0 Å². The molecule has 1 rings (SSSR count). The Morgan fingerprint density at radius 1 is 1.25 bits per heavy atom. The summed E-state index contributed by atoms with van der Waals surface area (Å²) in [5.41, 5.74) is 0.994. The first-order valence-electron chi connectivity index (χ1n) is 6.70. The molecule has 0 fully saturated rings. The van der Waals surface area contributed by atoms with Crippen LogP contribution in [0.1, 0.15) is 30.6 Å². The maximum Gasteiger partial charge on any atom is 0.253 e. The van der Waals surface area contributed by atoms with E-state index >= 15 is 0 Å². The Kier molecular flexibility index (Phi) is 6.73. The van der Waals surface area contributed by atoms with Gasteiger partial charge in [-0.15, -0.1) is 0 Å². The van der Waals surface area contributed by atoms with E-state index in [1.54, 1.807) is 31.4 Å². The molecular weight excluding hydrogens is 256 g/mol. The maximum atomic E-state index is 12.1. The number of hydrogen-bond donors (Lipinski definition) is 2. The maximum absolute atomic E-state index is 12.1. The van der Waals surface area contributed by atoms with Gasteiger partial charge in [-0.05, 0) is 18.1 Å². The Morgan fingerprint density at radius 2 is 1.95 bits per heavy atom. The SMILES string of the molecule is COCCC(=O)Nc1ccccc1C(=O)NCC(C)C. The topological polar surface area (TPSA) is 67.4 Å². The highest BCUT2D eigenvalue weighted by Crippen LogP contribution is 2.15. The van der Waals surface area contributed by atoms with E-state index < -0.39 is 0 Å². The molecule has 0 bridgehead atoms. The Bertz CT molecular complexity index is 458. The second kappa shape index (κ2) is 8.32. The number of ether oxygens (including phenoxy) is 1. The molecule has 1 aromatic rings. The molecule has 2 N–H and O–H groups in total. The van der Waals surface area contributed by atoms with Gasteiger partial charge >= 0.3 is 0 Å². The first-order valence-corrected chi connectivity index (χ1v) is 6.70. The summed E-state index contributed by atoms with van der Waals surface area (Å²) in [5.74, 6) is 0.0275. The summed E-state index contributed by atoms with van der Waals surface area (Å²) >= 11 is 0. The molecule has 0 atom stereocenters. The van der Waals surface area contributed by atoms with Crippen molar-refractivity contribution < 1.29 is 14.3 Å². The summed E-state index contributed by atoms with van der Waals surface area (Å²) < 4.78 is 4.85. The first kappa shape index (κ1) is 16.2. The van der Waals surface area contributed by atoms with Gasteiger partial charge in [0.05, 0.1) is 24.3 Å². The molecule has 0 unspecified atom stereocenters. The minimum atomic E-state index is -0.179. The van der Waals surface area contributed by atoms with Gasteiger partial charge in [0.1, 0.15) is 0 Å². The molecule has 0 spiro atoms. The van der Waals surface area contributed by atoms with E-state index in [4.69, 9.17) is 4.74 Å². The van der Waals surface area contributed by atoms with Crippen LogP contribution in [0, 0.1) is 5.92 Å². The molecule has 1 aromatic carbocycles. The largest absolute Gasteiger partial charge is 0.384 e. The van der Waals surface area contributed by atoms with Crippen molar-refractivity contribution in [3.8, 4) is 0 Å². The zero-order chi connectivity index (χ0) is 15.0. The van der Waals surface area contributed by atoms with Gasteiger partial charge in [-0.2, -0.15) is 0 Å². The van der Waals surface area contributed by atoms with Crippen molar-refractivity contribution in [2.45, 2.75) is 20.3 Å². The number of amides is 2. The Balaban J connectivity index is 2.72. The van der Waals surface area contributed by atoms with E-state index in [1.165, 1.54) is 0 Å². The van der Waals surface area contributed by atoms with Crippen LogP contribution in [0.15, 0.2) is 24.3 Å². The molecule has 0 aliphatic carbocycles. The van der Waals surface area contributed by atoms with Crippen molar-refractivity contribution in [2.24, 2.45) is 5.92 Å². The summed E-state index contributed by atoms with van der Waals surface area (Å²) in [6, 6.07) is 6.97. The molecular formula is C15H22N2O3. The molecule has 0 aliphatic rings. The highest BCUT2D eigenvalue weighted by Gasteiger charge is 2.12. The van der Waals surface area contributed by atoms with Gasteiger partial charge in [-0.25, -0.2) is 0 Å². The minimum absolute atomic E-state index is 0.170. The average molecular weight is 278 g/mol. The molecule has 0 heterocycles. The number of carbonyl (C=O) groups is 2. The molecule has 110 valence electrons. The lowest BCUT2D eigenvalue weighted by Crippen LogP contribution is -2.28. The summed E-state index contributed by atoms with van der Waals surface area (Å²) in [7, 11) is 1.54. The third kappa shape index (κ3) is 5.40. The van der Waals surface area contributed by atoms with Gasteiger partial charge < -0.3 is 15.4 Å². The number of rotatable bonds is 7. The van der Waals surface area contributed by atoms with Crippen molar-refractivity contribution in [3.63, 3.8) is 0 Å². The van der Waals surface area contributed by atoms with Crippen molar-refractivity contribution >= 4 is 17.5 Å². The highest BCUT2D eigenvalue weighted by atomic mass is 16.5. The summed E-state index contributed by atoms with van der Waals surface area (Å²) in [6.45, 7) is 5.01. The fourth-order valence-electron chi connectivity index (χ4n) is 1.59. The molecule has 5 nitrogen and oxygen atoms in total. The number of benzene rings is 1. The molecule has 0 saturated carbocycles. The van der Waals surface area contributed by atoms with Gasteiger partial charge in [0.2, 0.25) is 5.91 Å². The van der Waals surface area contributed by atoms with E-state index in [0.717, 1.165) is 0 Å². The van der Waals surface area contributed by atoms with Gasteiger partial charge in [-0.1, -0.05) is 26.0 Å². The number of hydrogen-bond acceptors (Lipinski definition) is 3. The van der Waals surface area contributed by atoms with Crippen molar-refractivity contribution in [3.05, 3.63) is 29.8 Å².